The van der Waals surface area contributed by atoms with Gasteiger partial charge in [0.2, 0.25) is 20.1 Å². The highest BCUT2D eigenvalue weighted by atomic mass is 32.2. The Hall–Kier alpha value is -3.16. The van der Waals surface area contributed by atoms with Gasteiger partial charge in [-0.05, 0) is 70.6 Å². The van der Waals surface area contributed by atoms with Crippen molar-refractivity contribution >= 4 is 53.7 Å². The van der Waals surface area contributed by atoms with Gasteiger partial charge >= 0.3 is 0 Å². The van der Waals surface area contributed by atoms with E-state index in [-0.39, 0.29) is 17.6 Å². The van der Waals surface area contributed by atoms with Gasteiger partial charge in [0.25, 0.3) is 0 Å². The van der Waals surface area contributed by atoms with E-state index in [4.69, 9.17) is 15.1 Å². The van der Waals surface area contributed by atoms with Crippen molar-refractivity contribution in [3.05, 3.63) is 40.7 Å². The number of likely N-dealkylation sites (N-methyl/N-ethyl adjacent to an activating group) is 1. The quantitative estimate of drug-likeness (QED) is 0.234. The zero-order valence-electron chi connectivity index (χ0n) is 25.0. The molecule has 1 aliphatic heterocycles. The van der Waals surface area contributed by atoms with E-state index in [9.17, 15) is 18.1 Å². The van der Waals surface area contributed by atoms with E-state index in [0.29, 0.717) is 40.7 Å². The third-order valence-corrected chi connectivity index (χ3v) is 11.6. The number of hydrogen-bond donors (Lipinski definition) is 0. The number of aryl methyl sites for hydroxylation is 1. The molecule has 1 aromatic carbocycles. The Morgan fingerprint density at radius 2 is 1.88 bits per heavy atom. The molecule has 0 radical (unpaired) electrons. The first-order valence-electron chi connectivity index (χ1n) is 14.2. The molecule has 3 aromatic heterocycles. The summed E-state index contributed by atoms with van der Waals surface area (Å²) in [5, 5.41) is 16.1. The molecule has 1 unspecified atom stereocenters. The Kier molecular flexibility index (Phi) is 9.33. The van der Waals surface area contributed by atoms with Crippen LogP contribution in [0.15, 0.2) is 24.3 Å². The lowest BCUT2D eigenvalue weighted by molar-refractivity contribution is 0.318. The monoisotopic (exact) mass is 645 g/mol. The van der Waals surface area contributed by atoms with Crippen molar-refractivity contribution in [1.82, 2.24) is 28.8 Å². The van der Waals surface area contributed by atoms with E-state index in [2.05, 4.69) is 11.0 Å². The molecule has 0 aliphatic carbocycles. The van der Waals surface area contributed by atoms with Gasteiger partial charge in [0.15, 0.2) is 10.9 Å². The predicted molar refractivity (Wildman–Crippen MR) is 170 cm³/mol. The molecule has 1 fully saturated rings. The molecule has 230 valence electrons. The van der Waals surface area contributed by atoms with Gasteiger partial charge in [-0.25, -0.2) is 27.1 Å². The second-order valence-electron chi connectivity index (χ2n) is 10.9. The number of benzene rings is 1. The van der Waals surface area contributed by atoms with Crippen LogP contribution < -0.4 is 9.80 Å². The second kappa shape index (κ2) is 12.8. The normalized spacial score (nSPS) is 16.0. The van der Waals surface area contributed by atoms with Crippen molar-refractivity contribution in [2.24, 2.45) is 0 Å². The van der Waals surface area contributed by atoms with Gasteiger partial charge in [-0.1, -0.05) is 29.6 Å². The molecule has 0 spiro atoms. The summed E-state index contributed by atoms with van der Waals surface area (Å²) in [6.45, 7) is 4.10. The van der Waals surface area contributed by atoms with Crippen LogP contribution in [0.1, 0.15) is 36.8 Å². The highest BCUT2D eigenvalue weighted by Gasteiger charge is 2.32. The molecule has 0 N–H and O–H groups in total. The van der Waals surface area contributed by atoms with Crippen LogP contribution in [0, 0.1) is 17.1 Å². The minimum absolute atomic E-state index is 0.131. The predicted octanol–water partition coefficient (Wildman–Crippen LogP) is 4.44. The topological polar surface area (TPSA) is 114 Å². The fourth-order valence-electron chi connectivity index (χ4n) is 5.25. The van der Waals surface area contributed by atoms with Gasteiger partial charge in [0.1, 0.15) is 22.5 Å². The van der Waals surface area contributed by atoms with Crippen LogP contribution in [0.5, 0.6) is 0 Å². The van der Waals surface area contributed by atoms with Crippen LogP contribution in [-0.2, 0) is 16.4 Å². The number of piperidine rings is 1. The van der Waals surface area contributed by atoms with E-state index in [1.165, 1.54) is 34.8 Å². The van der Waals surface area contributed by atoms with Crippen LogP contribution in [0.3, 0.4) is 0 Å². The van der Waals surface area contributed by atoms with Gasteiger partial charge in [0.05, 0.1) is 11.4 Å². The lowest BCUT2D eigenvalue weighted by atomic mass is 10.1. The van der Waals surface area contributed by atoms with Crippen molar-refractivity contribution in [2.75, 3.05) is 63.4 Å². The number of imidazole rings is 1. The highest BCUT2D eigenvalue weighted by molar-refractivity contribution is 7.89. The van der Waals surface area contributed by atoms with Crippen molar-refractivity contribution in [2.45, 2.75) is 38.6 Å². The zero-order chi connectivity index (χ0) is 30.9. The molecular formula is C28H36FN9O2S3. The van der Waals surface area contributed by atoms with Crippen LogP contribution >= 0.6 is 22.7 Å². The lowest BCUT2D eigenvalue weighted by Crippen LogP contribution is -2.49. The third-order valence-electron chi connectivity index (χ3n) is 7.64. The summed E-state index contributed by atoms with van der Waals surface area (Å²) in [5.41, 5.74) is 2.03. The Morgan fingerprint density at radius 3 is 2.56 bits per heavy atom. The minimum atomic E-state index is -3.37. The maximum Gasteiger partial charge on any atom is 0.216 e. The summed E-state index contributed by atoms with van der Waals surface area (Å²) in [4.78, 5) is 16.8. The first-order valence-corrected chi connectivity index (χ1v) is 17.4. The number of rotatable bonds is 11. The summed E-state index contributed by atoms with van der Waals surface area (Å²) in [5.74, 6) is 0.543. The molecule has 43 heavy (non-hydrogen) atoms. The number of thiazole rings is 1. The Bertz CT molecular complexity index is 1720. The highest BCUT2D eigenvalue weighted by Crippen LogP contribution is 2.38. The summed E-state index contributed by atoms with van der Waals surface area (Å²) in [6, 6.07) is 8.05. The van der Waals surface area contributed by atoms with E-state index >= 15 is 0 Å². The summed E-state index contributed by atoms with van der Waals surface area (Å²) < 4.78 is 43.0. The molecule has 4 heterocycles. The largest absolute Gasteiger partial charge is 0.345 e. The Morgan fingerprint density at radius 1 is 1.14 bits per heavy atom. The van der Waals surface area contributed by atoms with E-state index < -0.39 is 10.0 Å². The maximum absolute atomic E-state index is 13.5. The minimum Gasteiger partial charge on any atom is -0.345 e. The standard InChI is InChI=1S/C28H36FN9O2S3/c1-6-22-25(35(4)26-32-24(23(17-30)41-26)19-10-12-20(29)13-11-19)38-27(31-22)42-28(33-38)37-15-7-9-21(18-37)36(5)43(39,40)16-8-14-34(2)3/h10-13,21H,6-9,14-16,18H2,1-5H3. The fourth-order valence-corrected chi connectivity index (χ4v) is 8.46. The summed E-state index contributed by atoms with van der Waals surface area (Å²) in [7, 11) is 4.09. The second-order valence-corrected chi connectivity index (χ2v) is 15.0. The first-order chi connectivity index (χ1) is 20.5. The van der Waals surface area contributed by atoms with Crippen molar-refractivity contribution in [3.8, 4) is 17.3 Å². The van der Waals surface area contributed by atoms with Gasteiger partial charge in [-0.2, -0.15) is 9.78 Å². The molecule has 11 nitrogen and oxygen atoms in total. The zero-order valence-corrected chi connectivity index (χ0v) is 27.4. The van der Waals surface area contributed by atoms with Crippen LogP contribution in [0.25, 0.3) is 16.2 Å². The molecule has 0 bridgehead atoms. The molecular weight excluding hydrogens is 610 g/mol. The number of anilines is 3. The smallest absolute Gasteiger partial charge is 0.216 e. The SMILES string of the molecule is CCc1nc2sc(N3CCCC(N(C)S(=O)(=O)CCCN(C)C)C3)nn2c1N(C)c1nc(-c2ccc(F)cc2)c(C#N)s1. The summed E-state index contributed by atoms with van der Waals surface area (Å²) in [6.07, 6.45) is 2.93. The van der Waals surface area contributed by atoms with Gasteiger partial charge in [-0.3, -0.25) is 0 Å². The Balaban J connectivity index is 1.40. The van der Waals surface area contributed by atoms with Gasteiger partial charge < -0.3 is 14.7 Å². The molecule has 15 heteroatoms. The fraction of sp³-hybridized carbons (Fsp3) is 0.500. The molecule has 5 rings (SSSR count). The number of sulfonamides is 1. The molecule has 0 saturated carbocycles. The number of nitrogens with zero attached hydrogens (tertiary/aromatic N) is 9. The average Bonchev–Trinajstić information content (AvgIpc) is 3.69. The first kappa shape index (κ1) is 31.3. The summed E-state index contributed by atoms with van der Waals surface area (Å²) >= 11 is 2.74. The van der Waals surface area contributed by atoms with Crippen LogP contribution in [0.4, 0.5) is 20.5 Å². The number of aromatic nitrogens is 4. The van der Waals surface area contributed by atoms with Gasteiger partial charge in [-0.15, -0.1) is 5.10 Å². The van der Waals surface area contributed by atoms with Gasteiger partial charge in [0, 0.05) is 38.8 Å². The molecule has 1 atom stereocenters. The lowest BCUT2D eigenvalue weighted by Gasteiger charge is -2.36. The molecule has 0 amide bonds. The average molecular weight is 646 g/mol. The van der Waals surface area contributed by atoms with E-state index in [1.807, 2.05) is 42.4 Å². The molecule has 1 saturated heterocycles. The van der Waals surface area contributed by atoms with E-state index in [1.54, 1.807) is 23.5 Å². The number of fused-ring (bicyclic) bond motifs is 1. The van der Waals surface area contributed by atoms with Crippen LogP contribution in [-0.4, -0.2) is 96.8 Å². The van der Waals surface area contributed by atoms with Crippen molar-refractivity contribution < 1.29 is 12.8 Å². The number of hydrogen-bond acceptors (Lipinski definition) is 11. The Labute approximate surface area is 259 Å². The maximum atomic E-state index is 13.5. The third kappa shape index (κ3) is 6.53. The molecule has 4 aromatic rings. The molecule has 1 aliphatic rings. The number of halogens is 1. The van der Waals surface area contributed by atoms with Crippen molar-refractivity contribution in [3.63, 3.8) is 0 Å². The van der Waals surface area contributed by atoms with Crippen molar-refractivity contribution in [1.29, 1.82) is 5.26 Å². The van der Waals surface area contributed by atoms with Crippen LogP contribution in [0.2, 0.25) is 0 Å². The van der Waals surface area contributed by atoms with E-state index in [0.717, 1.165) is 47.5 Å². The number of nitriles is 1.